The maximum Gasteiger partial charge on any atom is 0.410 e. The SMILES string of the molecule is CC(C)CONC(C)C1CCCN(C(=O)OC(C)(C)C)C1. The molecule has 1 N–H and O–H groups in total. The molecule has 124 valence electrons. The maximum absolute atomic E-state index is 12.1. The number of nitrogens with zero attached hydrogens (tertiary/aromatic N) is 1. The highest BCUT2D eigenvalue weighted by Crippen LogP contribution is 2.21. The molecule has 1 saturated heterocycles. The Morgan fingerprint density at radius 2 is 2.00 bits per heavy atom. The zero-order valence-corrected chi connectivity index (χ0v) is 14.4. The highest BCUT2D eigenvalue weighted by atomic mass is 16.6. The number of carbonyl (C=O) groups excluding carboxylic acids is 1. The molecule has 1 aliphatic rings. The van der Waals surface area contributed by atoms with E-state index in [0.29, 0.717) is 18.4 Å². The second-order valence-corrected chi connectivity index (χ2v) is 7.44. The summed E-state index contributed by atoms with van der Waals surface area (Å²) in [6.45, 7) is 14.3. The Bertz CT molecular complexity index is 326. The van der Waals surface area contributed by atoms with E-state index in [1.807, 2.05) is 25.7 Å². The highest BCUT2D eigenvalue weighted by Gasteiger charge is 2.30. The third kappa shape index (κ3) is 7.14. The number of nitrogens with one attached hydrogen (secondary N) is 1. The lowest BCUT2D eigenvalue weighted by Crippen LogP contribution is -2.48. The van der Waals surface area contributed by atoms with Crippen molar-refractivity contribution in [2.75, 3.05) is 19.7 Å². The van der Waals surface area contributed by atoms with Gasteiger partial charge in [0.2, 0.25) is 0 Å². The van der Waals surface area contributed by atoms with E-state index in [2.05, 4.69) is 26.3 Å². The van der Waals surface area contributed by atoms with Crippen molar-refractivity contribution in [3.05, 3.63) is 0 Å². The van der Waals surface area contributed by atoms with E-state index >= 15 is 0 Å². The molecule has 0 radical (unpaired) electrons. The third-order valence-electron chi connectivity index (χ3n) is 3.50. The number of ether oxygens (including phenoxy) is 1. The first-order chi connectivity index (χ1) is 9.69. The van der Waals surface area contributed by atoms with E-state index in [0.717, 1.165) is 25.9 Å². The monoisotopic (exact) mass is 300 g/mol. The van der Waals surface area contributed by atoms with Gasteiger partial charge in [0.05, 0.1) is 6.61 Å². The van der Waals surface area contributed by atoms with Gasteiger partial charge in [-0.25, -0.2) is 4.79 Å². The van der Waals surface area contributed by atoms with Gasteiger partial charge < -0.3 is 14.5 Å². The van der Waals surface area contributed by atoms with Crippen molar-refractivity contribution in [1.82, 2.24) is 10.4 Å². The molecule has 0 aromatic carbocycles. The van der Waals surface area contributed by atoms with Gasteiger partial charge in [-0.05, 0) is 52.4 Å². The van der Waals surface area contributed by atoms with Crippen molar-refractivity contribution in [1.29, 1.82) is 0 Å². The molecule has 1 fully saturated rings. The summed E-state index contributed by atoms with van der Waals surface area (Å²) in [5, 5.41) is 0. The number of piperidine rings is 1. The van der Waals surface area contributed by atoms with Gasteiger partial charge in [-0.3, -0.25) is 0 Å². The van der Waals surface area contributed by atoms with Crippen LogP contribution >= 0.6 is 0 Å². The number of hydrogen-bond acceptors (Lipinski definition) is 4. The van der Waals surface area contributed by atoms with E-state index in [-0.39, 0.29) is 12.1 Å². The summed E-state index contributed by atoms with van der Waals surface area (Å²) in [6, 6.07) is 0.231. The van der Waals surface area contributed by atoms with E-state index in [9.17, 15) is 4.79 Å². The quantitative estimate of drug-likeness (QED) is 0.792. The second-order valence-electron chi connectivity index (χ2n) is 7.44. The average Bonchev–Trinajstić information content (AvgIpc) is 2.36. The Morgan fingerprint density at radius 3 is 2.57 bits per heavy atom. The second kappa shape index (κ2) is 7.99. The van der Waals surface area contributed by atoms with E-state index in [4.69, 9.17) is 9.57 Å². The Morgan fingerprint density at radius 1 is 1.33 bits per heavy atom. The number of hydrogen-bond donors (Lipinski definition) is 1. The number of likely N-dealkylation sites (tertiary alicyclic amines) is 1. The van der Waals surface area contributed by atoms with Gasteiger partial charge in [-0.2, -0.15) is 5.48 Å². The molecule has 1 heterocycles. The minimum Gasteiger partial charge on any atom is -0.444 e. The Balaban J connectivity index is 2.42. The fourth-order valence-corrected chi connectivity index (χ4v) is 2.35. The van der Waals surface area contributed by atoms with E-state index in [1.165, 1.54) is 0 Å². The molecule has 2 unspecified atom stereocenters. The lowest BCUT2D eigenvalue weighted by Gasteiger charge is -2.36. The van der Waals surface area contributed by atoms with Crippen molar-refractivity contribution in [2.45, 2.75) is 66.0 Å². The van der Waals surface area contributed by atoms with Gasteiger partial charge in [-0.15, -0.1) is 0 Å². The average molecular weight is 300 g/mol. The summed E-state index contributed by atoms with van der Waals surface area (Å²) in [6.07, 6.45) is 1.92. The van der Waals surface area contributed by atoms with Crippen LogP contribution in [-0.4, -0.2) is 42.3 Å². The van der Waals surface area contributed by atoms with Crippen LogP contribution in [0.25, 0.3) is 0 Å². The van der Waals surface area contributed by atoms with Crippen molar-refractivity contribution >= 4 is 6.09 Å². The number of carbonyl (C=O) groups is 1. The molecule has 1 rings (SSSR count). The van der Waals surface area contributed by atoms with Gasteiger partial charge in [0.25, 0.3) is 0 Å². The van der Waals surface area contributed by atoms with Crippen LogP contribution in [-0.2, 0) is 9.57 Å². The lowest BCUT2D eigenvalue weighted by atomic mass is 9.92. The van der Waals surface area contributed by atoms with Crippen molar-refractivity contribution in [3.63, 3.8) is 0 Å². The summed E-state index contributed by atoms with van der Waals surface area (Å²) >= 11 is 0. The standard InChI is InChI=1S/C16H32N2O3/c1-12(2)11-20-17-13(3)14-8-7-9-18(10-14)15(19)21-16(4,5)6/h12-14,17H,7-11H2,1-6H3. The molecule has 5 nitrogen and oxygen atoms in total. The summed E-state index contributed by atoms with van der Waals surface area (Å²) in [4.78, 5) is 19.5. The van der Waals surface area contributed by atoms with Crippen molar-refractivity contribution in [3.8, 4) is 0 Å². The molecule has 0 aromatic heterocycles. The largest absolute Gasteiger partial charge is 0.444 e. The minimum atomic E-state index is -0.436. The molecule has 21 heavy (non-hydrogen) atoms. The number of hydroxylamine groups is 1. The zero-order valence-electron chi connectivity index (χ0n) is 14.4. The smallest absolute Gasteiger partial charge is 0.410 e. The number of amides is 1. The van der Waals surface area contributed by atoms with Crippen LogP contribution in [0.15, 0.2) is 0 Å². The fraction of sp³-hybridized carbons (Fsp3) is 0.938. The molecule has 1 aliphatic heterocycles. The van der Waals surface area contributed by atoms with Crippen LogP contribution in [0.3, 0.4) is 0 Å². The molecule has 0 aliphatic carbocycles. The van der Waals surface area contributed by atoms with Gasteiger partial charge in [0, 0.05) is 19.1 Å². The molecule has 1 amide bonds. The van der Waals surface area contributed by atoms with E-state index in [1.54, 1.807) is 0 Å². The number of rotatable bonds is 5. The topological polar surface area (TPSA) is 50.8 Å². The Hall–Kier alpha value is -0.810. The molecule has 2 atom stereocenters. The van der Waals surface area contributed by atoms with Gasteiger partial charge in [0.1, 0.15) is 5.60 Å². The third-order valence-corrected chi connectivity index (χ3v) is 3.50. The van der Waals surface area contributed by atoms with Gasteiger partial charge >= 0.3 is 6.09 Å². The first-order valence-corrected chi connectivity index (χ1v) is 8.04. The predicted octanol–water partition coefficient (Wildman–Crippen LogP) is 3.20. The normalized spacial score (nSPS) is 21.5. The Kier molecular flexibility index (Phi) is 6.94. The first-order valence-electron chi connectivity index (χ1n) is 8.04. The molecule has 0 saturated carbocycles. The van der Waals surface area contributed by atoms with Crippen LogP contribution in [0.4, 0.5) is 4.79 Å². The predicted molar refractivity (Wildman–Crippen MR) is 83.9 cm³/mol. The van der Waals surface area contributed by atoms with Crippen LogP contribution in [0.2, 0.25) is 0 Å². The maximum atomic E-state index is 12.1. The van der Waals surface area contributed by atoms with Gasteiger partial charge in [0.15, 0.2) is 0 Å². The molecular weight excluding hydrogens is 268 g/mol. The molecular formula is C16H32N2O3. The summed E-state index contributed by atoms with van der Waals surface area (Å²) < 4.78 is 5.45. The first kappa shape index (κ1) is 18.2. The lowest BCUT2D eigenvalue weighted by molar-refractivity contribution is -0.0223. The molecule has 5 heteroatoms. The molecule has 0 bridgehead atoms. The fourth-order valence-electron chi connectivity index (χ4n) is 2.35. The Labute approximate surface area is 129 Å². The van der Waals surface area contributed by atoms with Crippen LogP contribution in [0.5, 0.6) is 0 Å². The zero-order chi connectivity index (χ0) is 16.0. The molecule has 0 spiro atoms. The van der Waals surface area contributed by atoms with Crippen LogP contribution in [0.1, 0.15) is 54.4 Å². The van der Waals surface area contributed by atoms with E-state index < -0.39 is 5.60 Å². The van der Waals surface area contributed by atoms with Crippen molar-refractivity contribution < 1.29 is 14.4 Å². The highest BCUT2D eigenvalue weighted by molar-refractivity contribution is 5.68. The van der Waals surface area contributed by atoms with Crippen LogP contribution in [0, 0.1) is 11.8 Å². The molecule has 0 aromatic rings. The summed E-state index contributed by atoms with van der Waals surface area (Å²) in [5.74, 6) is 0.910. The minimum absolute atomic E-state index is 0.206. The van der Waals surface area contributed by atoms with Crippen molar-refractivity contribution in [2.24, 2.45) is 11.8 Å². The summed E-state index contributed by atoms with van der Waals surface area (Å²) in [5.41, 5.74) is 2.68. The summed E-state index contributed by atoms with van der Waals surface area (Å²) in [7, 11) is 0. The van der Waals surface area contributed by atoms with Gasteiger partial charge in [-0.1, -0.05) is 13.8 Å². The van der Waals surface area contributed by atoms with Crippen LogP contribution < -0.4 is 5.48 Å².